The molecule has 0 aliphatic carbocycles. The van der Waals surface area contributed by atoms with E-state index in [0.717, 1.165) is 5.56 Å². The van der Waals surface area contributed by atoms with Crippen LogP contribution in [0.25, 0.3) is 0 Å². The number of amides is 2. The van der Waals surface area contributed by atoms with E-state index in [1.54, 1.807) is 0 Å². The number of piperazine rings is 1. The van der Waals surface area contributed by atoms with E-state index in [9.17, 15) is 14.4 Å². The maximum absolute atomic E-state index is 12.5. The maximum atomic E-state index is 12.5. The van der Waals surface area contributed by atoms with Gasteiger partial charge in [-0.05, 0) is 11.5 Å². The SMILES string of the molecule is C#CCN1CC(=O)N([C@H](C(=O)OCc2ccccc2)C(C)C)CC1=O. The van der Waals surface area contributed by atoms with Crippen LogP contribution in [0.5, 0.6) is 0 Å². The van der Waals surface area contributed by atoms with Crippen molar-refractivity contribution < 1.29 is 19.1 Å². The van der Waals surface area contributed by atoms with Crippen LogP contribution < -0.4 is 0 Å². The molecule has 1 heterocycles. The third kappa shape index (κ3) is 4.60. The molecular weight excluding hydrogens is 320 g/mol. The van der Waals surface area contributed by atoms with E-state index in [1.165, 1.54) is 9.80 Å². The van der Waals surface area contributed by atoms with Gasteiger partial charge in [0.1, 0.15) is 25.7 Å². The number of ether oxygens (including phenoxy) is 1. The van der Waals surface area contributed by atoms with Crippen molar-refractivity contribution in [3.8, 4) is 12.3 Å². The first kappa shape index (κ1) is 18.5. The van der Waals surface area contributed by atoms with Crippen molar-refractivity contribution >= 4 is 17.8 Å². The number of hydrogen-bond donors (Lipinski definition) is 0. The second kappa shape index (κ2) is 8.34. The third-order valence-electron chi connectivity index (χ3n) is 4.02. The molecule has 0 N–H and O–H groups in total. The Hall–Kier alpha value is -2.81. The number of carbonyl (C=O) groups is 3. The summed E-state index contributed by atoms with van der Waals surface area (Å²) in [5.41, 5.74) is 0.861. The summed E-state index contributed by atoms with van der Waals surface area (Å²) in [7, 11) is 0. The van der Waals surface area contributed by atoms with Gasteiger partial charge in [0.15, 0.2) is 0 Å². The minimum Gasteiger partial charge on any atom is -0.459 e. The highest BCUT2D eigenvalue weighted by Crippen LogP contribution is 2.18. The van der Waals surface area contributed by atoms with Crippen LogP contribution in [0.1, 0.15) is 19.4 Å². The molecule has 1 aromatic carbocycles. The number of nitrogens with zero attached hydrogens (tertiary/aromatic N) is 2. The van der Waals surface area contributed by atoms with Crippen molar-refractivity contribution in [2.75, 3.05) is 19.6 Å². The zero-order valence-corrected chi connectivity index (χ0v) is 14.5. The summed E-state index contributed by atoms with van der Waals surface area (Å²) in [4.78, 5) is 39.7. The molecule has 0 saturated carbocycles. The lowest BCUT2D eigenvalue weighted by Gasteiger charge is -2.38. The lowest BCUT2D eigenvalue weighted by molar-refractivity contribution is -0.164. The Morgan fingerprint density at radius 1 is 1.20 bits per heavy atom. The minimum atomic E-state index is -0.798. The predicted molar refractivity (Wildman–Crippen MR) is 92.0 cm³/mol. The van der Waals surface area contributed by atoms with Gasteiger partial charge in [-0.1, -0.05) is 50.1 Å². The first-order valence-electron chi connectivity index (χ1n) is 8.15. The standard InChI is InChI=1S/C19H22N2O4/c1-4-10-20-11-17(23)21(12-16(20)22)18(14(2)3)19(24)25-13-15-8-6-5-7-9-15/h1,5-9,14,18H,10-13H2,2-3H3/t18-/m0/s1. The molecule has 1 saturated heterocycles. The van der Waals surface area contributed by atoms with Crippen molar-refractivity contribution in [2.24, 2.45) is 5.92 Å². The zero-order chi connectivity index (χ0) is 18.4. The molecule has 2 rings (SSSR count). The van der Waals surface area contributed by atoms with Crippen LogP contribution in [0.2, 0.25) is 0 Å². The van der Waals surface area contributed by atoms with Crippen LogP contribution in [-0.2, 0) is 25.7 Å². The monoisotopic (exact) mass is 342 g/mol. The number of terminal acetylenes is 1. The minimum absolute atomic E-state index is 0.0865. The van der Waals surface area contributed by atoms with Crippen LogP contribution >= 0.6 is 0 Å². The predicted octanol–water partition coefficient (Wildman–Crippen LogP) is 1.06. The van der Waals surface area contributed by atoms with Gasteiger partial charge in [0, 0.05) is 0 Å². The first-order chi connectivity index (χ1) is 11.9. The molecule has 0 radical (unpaired) electrons. The Kier molecular flexibility index (Phi) is 6.18. The van der Waals surface area contributed by atoms with E-state index < -0.39 is 12.0 Å². The molecule has 0 unspecified atom stereocenters. The topological polar surface area (TPSA) is 66.9 Å². The summed E-state index contributed by atoms with van der Waals surface area (Å²) in [6, 6.07) is 8.50. The van der Waals surface area contributed by atoms with Crippen LogP contribution in [0.15, 0.2) is 30.3 Å². The molecule has 1 aliphatic rings. The van der Waals surface area contributed by atoms with Crippen LogP contribution in [0.3, 0.4) is 0 Å². The van der Waals surface area contributed by atoms with Crippen molar-refractivity contribution in [1.82, 2.24) is 9.80 Å². The lowest BCUT2D eigenvalue weighted by atomic mass is 10.0. The van der Waals surface area contributed by atoms with Gasteiger partial charge < -0.3 is 14.5 Å². The second-order valence-corrected chi connectivity index (χ2v) is 6.26. The maximum Gasteiger partial charge on any atom is 0.329 e. The van der Waals surface area contributed by atoms with Crippen LogP contribution in [0, 0.1) is 18.3 Å². The highest BCUT2D eigenvalue weighted by Gasteiger charge is 2.39. The summed E-state index contributed by atoms with van der Waals surface area (Å²) in [5.74, 6) is 1.10. The van der Waals surface area contributed by atoms with Crippen LogP contribution in [-0.4, -0.2) is 53.3 Å². The van der Waals surface area contributed by atoms with E-state index in [4.69, 9.17) is 11.2 Å². The molecule has 0 spiro atoms. The summed E-state index contributed by atoms with van der Waals surface area (Å²) in [5, 5.41) is 0. The molecule has 0 aromatic heterocycles. The number of hydrogen-bond acceptors (Lipinski definition) is 4. The van der Waals surface area contributed by atoms with E-state index >= 15 is 0 Å². The molecule has 1 fully saturated rings. The van der Waals surface area contributed by atoms with E-state index in [1.807, 2.05) is 44.2 Å². The summed E-state index contributed by atoms with van der Waals surface area (Å²) >= 11 is 0. The molecule has 132 valence electrons. The van der Waals surface area contributed by atoms with Gasteiger partial charge in [0.05, 0.1) is 6.54 Å². The summed E-state index contributed by atoms with van der Waals surface area (Å²) < 4.78 is 5.37. The van der Waals surface area contributed by atoms with Gasteiger partial charge in [0.25, 0.3) is 0 Å². The third-order valence-corrected chi connectivity index (χ3v) is 4.02. The largest absolute Gasteiger partial charge is 0.459 e. The highest BCUT2D eigenvalue weighted by atomic mass is 16.5. The average Bonchev–Trinajstić information content (AvgIpc) is 2.58. The Bertz CT molecular complexity index is 678. The van der Waals surface area contributed by atoms with Gasteiger partial charge in [-0.25, -0.2) is 4.79 Å². The summed E-state index contributed by atoms with van der Waals surface area (Å²) in [6.45, 7) is 3.58. The van der Waals surface area contributed by atoms with Gasteiger partial charge in [-0.2, -0.15) is 0 Å². The highest BCUT2D eigenvalue weighted by molar-refractivity contribution is 5.95. The Balaban J connectivity index is 2.07. The van der Waals surface area contributed by atoms with Crippen molar-refractivity contribution in [3.63, 3.8) is 0 Å². The van der Waals surface area contributed by atoms with Gasteiger partial charge >= 0.3 is 5.97 Å². The number of carbonyl (C=O) groups excluding carboxylic acids is 3. The molecule has 1 aliphatic heterocycles. The molecule has 25 heavy (non-hydrogen) atoms. The summed E-state index contributed by atoms with van der Waals surface area (Å²) in [6.07, 6.45) is 5.21. The Morgan fingerprint density at radius 3 is 2.48 bits per heavy atom. The fraction of sp³-hybridized carbons (Fsp3) is 0.421. The normalized spacial score (nSPS) is 15.9. The van der Waals surface area contributed by atoms with Crippen LogP contribution in [0.4, 0.5) is 0 Å². The number of rotatable bonds is 6. The fourth-order valence-electron chi connectivity index (χ4n) is 2.76. The van der Waals surface area contributed by atoms with E-state index in [-0.39, 0.29) is 44.0 Å². The van der Waals surface area contributed by atoms with Crippen molar-refractivity contribution in [3.05, 3.63) is 35.9 Å². The van der Waals surface area contributed by atoms with E-state index in [2.05, 4.69) is 5.92 Å². The Labute approximate surface area is 147 Å². The zero-order valence-electron chi connectivity index (χ0n) is 14.5. The smallest absolute Gasteiger partial charge is 0.329 e. The second-order valence-electron chi connectivity index (χ2n) is 6.26. The van der Waals surface area contributed by atoms with Gasteiger partial charge in [-0.3, -0.25) is 9.59 Å². The molecular formula is C19H22N2O4. The molecule has 1 aromatic rings. The lowest BCUT2D eigenvalue weighted by Crippen LogP contribution is -2.60. The Morgan fingerprint density at radius 2 is 1.88 bits per heavy atom. The molecule has 6 heteroatoms. The van der Waals surface area contributed by atoms with E-state index in [0.29, 0.717) is 0 Å². The average molecular weight is 342 g/mol. The first-order valence-corrected chi connectivity index (χ1v) is 8.15. The van der Waals surface area contributed by atoms with Gasteiger partial charge in [-0.15, -0.1) is 6.42 Å². The van der Waals surface area contributed by atoms with Gasteiger partial charge in [0.2, 0.25) is 11.8 Å². The fourth-order valence-corrected chi connectivity index (χ4v) is 2.76. The molecule has 1 atom stereocenters. The number of esters is 1. The number of benzene rings is 1. The molecule has 2 amide bonds. The quantitative estimate of drug-likeness (QED) is 0.573. The van der Waals surface area contributed by atoms with Crippen molar-refractivity contribution in [1.29, 1.82) is 0 Å². The molecule has 0 bridgehead atoms. The molecule has 6 nitrogen and oxygen atoms in total. The van der Waals surface area contributed by atoms with Crippen molar-refractivity contribution in [2.45, 2.75) is 26.5 Å².